The summed E-state index contributed by atoms with van der Waals surface area (Å²) in [7, 11) is 3.04. The molecule has 1 aliphatic rings. The summed E-state index contributed by atoms with van der Waals surface area (Å²) < 4.78 is 19.9. The molecule has 0 spiro atoms. The van der Waals surface area contributed by atoms with Gasteiger partial charge in [-0.2, -0.15) is 0 Å². The maximum Gasteiger partial charge on any atom is 0.436 e. The van der Waals surface area contributed by atoms with Gasteiger partial charge in [-0.1, -0.05) is 0 Å². The van der Waals surface area contributed by atoms with E-state index in [0.717, 1.165) is 0 Å². The second-order valence-corrected chi connectivity index (χ2v) is 3.43. The summed E-state index contributed by atoms with van der Waals surface area (Å²) in [5.74, 6) is -2.07. The van der Waals surface area contributed by atoms with Crippen LogP contribution in [0.3, 0.4) is 0 Å². The zero-order chi connectivity index (χ0) is 13.4. The van der Waals surface area contributed by atoms with Gasteiger partial charge in [-0.05, 0) is 0 Å². The van der Waals surface area contributed by atoms with Gasteiger partial charge in [0.05, 0.1) is 26.4 Å². The molecule has 18 heavy (non-hydrogen) atoms. The fourth-order valence-corrected chi connectivity index (χ4v) is 1.30. The maximum atomic E-state index is 11.2. The van der Waals surface area contributed by atoms with Crippen molar-refractivity contribution in [2.75, 3.05) is 47.2 Å². The summed E-state index contributed by atoms with van der Waals surface area (Å²) >= 11 is 0. The van der Waals surface area contributed by atoms with Crippen LogP contribution in [-0.4, -0.2) is 70.4 Å². The number of esters is 1. The number of carbonyl (C=O) groups is 2. The van der Waals surface area contributed by atoms with Crippen LogP contribution in [0.2, 0.25) is 0 Å². The van der Waals surface area contributed by atoms with Gasteiger partial charge in [0, 0.05) is 14.2 Å². The average molecular weight is 263 g/mol. The molecule has 104 valence electrons. The standard InChI is InChI=1S/C10H17NO7/c1-14-5-6-16-8(7-15-2)11-3-4-17-9(12)10(13)18-11/h8H,3-7H2,1-2H3. The van der Waals surface area contributed by atoms with Gasteiger partial charge in [-0.25, -0.2) is 9.59 Å². The van der Waals surface area contributed by atoms with E-state index in [-0.39, 0.29) is 19.8 Å². The first-order valence-corrected chi connectivity index (χ1v) is 5.44. The number of hydroxylamine groups is 2. The van der Waals surface area contributed by atoms with E-state index in [9.17, 15) is 9.59 Å². The quantitative estimate of drug-likeness (QED) is 0.326. The van der Waals surface area contributed by atoms with E-state index in [4.69, 9.17) is 19.0 Å². The van der Waals surface area contributed by atoms with E-state index in [2.05, 4.69) is 4.74 Å². The topological polar surface area (TPSA) is 83.5 Å². The SMILES string of the molecule is COCCOC(COC)N1CCOC(=O)C(=O)O1. The lowest BCUT2D eigenvalue weighted by Gasteiger charge is -2.26. The molecule has 1 aliphatic heterocycles. The highest BCUT2D eigenvalue weighted by Gasteiger charge is 2.31. The third-order valence-electron chi connectivity index (χ3n) is 2.14. The fourth-order valence-electron chi connectivity index (χ4n) is 1.30. The third-order valence-corrected chi connectivity index (χ3v) is 2.14. The highest BCUT2D eigenvalue weighted by atomic mass is 16.8. The lowest BCUT2D eigenvalue weighted by molar-refractivity contribution is -0.249. The number of cyclic esters (lactones) is 1. The number of nitrogens with zero attached hydrogens (tertiary/aromatic N) is 1. The van der Waals surface area contributed by atoms with Gasteiger partial charge in [0.15, 0.2) is 6.23 Å². The maximum absolute atomic E-state index is 11.2. The Hall–Kier alpha value is -1.22. The second-order valence-electron chi connectivity index (χ2n) is 3.43. The Morgan fingerprint density at radius 1 is 1.22 bits per heavy atom. The molecule has 0 aromatic rings. The third kappa shape index (κ3) is 4.57. The number of methoxy groups -OCH3 is 2. The number of rotatable bonds is 7. The summed E-state index contributed by atoms with van der Waals surface area (Å²) in [6, 6.07) is 0. The number of ether oxygens (including phenoxy) is 4. The molecule has 8 heteroatoms. The smallest absolute Gasteiger partial charge is 0.436 e. The Morgan fingerprint density at radius 2 is 2.00 bits per heavy atom. The minimum atomic E-state index is -1.07. The minimum Gasteiger partial charge on any atom is -0.456 e. The molecule has 1 atom stereocenters. The molecule has 1 unspecified atom stereocenters. The zero-order valence-electron chi connectivity index (χ0n) is 10.4. The van der Waals surface area contributed by atoms with Crippen LogP contribution in [0.1, 0.15) is 0 Å². The van der Waals surface area contributed by atoms with Gasteiger partial charge in [-0.3, -0.25) is 0 Å². The Morgan fingerprint density at radius 3 is 2.67 bits per heavy atom. The van der Waals surface area contributed by atoms with Crippen molar-refractivity contribution in [1.82, 2.24) is 5.06 Å². The van der Waals surface area contributed by atoms with Crippen molar-refractivity contribution in [3.05, 3.63) is 0 Å². The monoisotopic (exact) mass is 263 g/mol. The molecular formula is C10H17NO7. The van der Waals surface area contributed by atoms with E-state index in [1.165, 1.54) is 12.2 Å². The van der Waals surface area contributed by atoms with Crippen molar-refractivity contribution in [1.29, 1.82) is 0 Å². The molecule has 1 heterocycles. The van der Waals surface area contributed by atoms with Crippen LogP contribution in [0, 0.1) is 0 Å². The lowest BCUT2D eigenvalue weighted by atomic mass is 10.5. The molecule has 0 N–H and O–H groups in total. The van der Waals surface area contributed by atoms with Crippen molar-refractivity contribution >= 4 is 11.9 Å². The molecule has 0 saturated carbocycles. The van der Waals surface area contributed by atoms with E-state index < -0.39 is 18.2 Å². The van der Waals surface area contributed by atoms with Crippen LogP contribution in [-0.2, 0) is 33.4 Å². The van der Waals surface area contributed by atoms with E-state index in [1.807, 2.05) is 0 Å². The summed E-state index contributed by atoms with van der Waals surface area (Å²) in [6.07, 6.45) is -0.608. The van der Waals surface area contributed by atoms with Crippen LogP contribution in [0.25, 0.3) is 0 Å². The molecule has 8 nitrogen and oxygen atoms in total. The molecule has 0 bridgehead atoms. The molecular weight excluding hydrogens is 246 g/mol. The van der Waals surface area contributed by atoms with E-state index >= 15 is 0 Å². The number of hydrogen-bond donors (Lipinski definition) is 0. The van der Waals surface area contributed by atoms with Crippen molar-refractivity contribution in [3.8, 4) is 0 Å². The largest absolute Gasteiger partial charge is 0.456 e. The zero-order valence-corrected chi connectivity index (χ0v) is 10.4. The molecule has 0 aromatic heterocycles. The molecule has 1 fully saturated rings. The summed E-state index contributed by atoms with van der Waals surface area (Å²) in [6.45, 7) is 1.17. The van der Waals surface area contributed by atoms with Crippen LogP contribution in [0.5, 0.6) is 0 Å². The van der Waals surface area contributed by atoms with Gasteiger partial charge < -0.3 is 23.8 Å². The first kappa shape index (κ1) is 14.8. The Bertz CT molecular complexity index is 283. The van der Waals surface area contributed by atoms with E-state index in [1.54, 1.807) is 7.11 Å². The molecule has 0 amide bonds. The minimum absolute atomic E-state index is 0.0540. The van der Waals surface area contributed by atoms with Crippen LogP contribution in [0.4, 0.5) is 0 Å². The Labute approximate surface area is 105 Å². The molecule has 0 aliphatic carbocycles. The lowest BCUT2D eigenvalue weighted by Crippen LogP contribution is -2.43. The highest BCUT2D eigenvalue weighted by Crippen LogP contribution is 2.07. The predicted molar refractivity (Wildman–Crippen MR) is 57.2 cm³/mol. The summed E-state index contributed by atoms with van der Waals surface area (Å²) in [4.78, 5) is 27.0. The van der Waals surface area contributed by atoms with E-state index in [0.29, 0.717) is 13.2 Å². The van der Waals surface area contributed by atoms with Gasteiger partial charge in [0.25, 0.3) is 0 Å². The first-order chi connectivity index (χ1) is 8.69. The second kappa shape index (κ2) is 7.98. The van der Waals surface area contributed by atoms with Gasteiger partial charge in [0.1, 0.15) is 6.61 Å². The fraction of sp³-hybridized carbons (Fsp3) is 0.800. The normalized spacial score (nSPS) is 19.0. The number of carbonyl (C=O) groups excluding carboxylic acids is 2. The summed E-state index contributed by atoms with van der Waals surface area (Å²) in [5.41, 5.74) is 0. The van der Waals surface area contributed by atoms with Crippen molar-refractivity contribution in [2.45, 2.75) is 6.23 Å². The van der Waals surface area contributed by atoms with Crippen LogP contribution >= 0.6 is 0 Å². The van der Waals surface area contributed by atoms with Gasteiger partial charge in [-0.15, -0.1) is 5.06 Å². The molecule has 1 rings (SSSR count). The van der Waals surface area contributed by atoms with Crippen molar-refractivity contribution in [3.63, 3.8) is 0 Å². The summed E-state index contributed by atoms with van der Waals surface area (Å²) in [5, 5.41) is 1.23. The average Bonchev–Trinajstić information content (AvgIpc) is 2.51. The van der Waals surface area contributed by atoms with Crippen molar-refractivity contribution in [2.24, 2.45) is 0 Å². The van der Waals surface area contributed by atoms with Crippen LogP contribution in [0.15, 0.2) is 0 Å². The molecule has 0 aromatic carbocycles. The molecule has 0 radical (unpaired) electrons. The molecule has 1 saturated heterocycles. The number of hydrogen-bond acceptors (Lipinski definition) is 8. The Balaban J connectivity index is 2.54. The van der Waals surface area contributed by atoms with Gasteiger partial charge >= 0.3 is 11.9 Å². The van der Waals surface area contributed by atoms with Crippen molar-refractivity contribution < 1.29 is 33.4 Å². The highest BCUT2D eigenvalue weighted by molar-refractivity contribution is 6.29. The Kier molecular flexibility index (Phi) is 6.58. The predicted octanol–water partition coefficient (Wildman–Crippen LogP) is -1.06. The van der Waals surface area contributed by atoms with Crippen LogP contribution < -0.4 is 0 Å². The van der Waals surface area contributed by atoms with Gasteiger partial charge in [0.2, 0.25) is 0 Å². The first-order valence-electron chi connectivity index (χ1n) is 5.44.